The average Bonchev–Trinajstić information content (AvgIpc) is 3.35. The minimum atomic E-state index is -1.64. The molecule has 2 saturated heterocycles. The molecule has 2 fully saturated rings. The first kappa shape index (κ1) is 22.3. The van der Waals surface area contributed by atoms with Crippen LogP contribution in [-0.4, -0.2) is 19.0 Å². The van der Waals surface area contributed by atoms with Gasteiger partial charge in [0, 0.05) is 8.95 Å². The van der Waals surface area contributed by atoms with E-state index in [1.54, 1.807) is 0 Å². The lowest BCUT2D eigenvalue weighted by Crippen LogP contribution is -2.44. The van der Waals surface area contributed by atoms with Crippen LogP contribution in [0, 0.1) is 11.3 Å². The van der Waals surface area contributed by atoms with Crippen LogP contribution < -0.4 is 0 Å². The maximum atomic E-state index is 13.6. The van der Waals surface area contributed by atoms with Crippen molar-refractivity contribution < 1.29 is 23.8 Å². The molecule has 3 aromatic carbocycles. The lowest BCUT2D eigenvalue weighted by Gasteiger charge is -2.27. The number of benzene rings is 3. The lowest BCUT2D eigenvalue weighted by atomic mass is 9.67. The number of rotatable bonds is 4. The molecular weight excluding hydrogens is 552 g/mol. The molecule has 0 saturated carbocycles. The number of methoxy groups -OCH3 is 1. The Bertz CT molecular complexity index is 1180. The van der Waals surface area contributed by atoms with Crippen LogP contribution in [0.3, 0.4) is 0 Å². The number of hydrogen-bond donors (Lipinski definition) is 0. The van der Waals surface area contributed by atoms with Crippen LogP contribution in [0.15, 0.2) is 87.8 Å². The Kier molecular flexibility index (Phi) is 5.89. The van der Waals surface area contributed by atoms with Crippen molar-refractivity contribution in [2.75, 3.05) is 7.11 Å². The summed E-state index contributed by atoms with van der Waals surface area (Å²) in [7, 11) is 1.29. The molecule has 2 aliphatic heterocycles. The zero-order valence-electron chi connectivity index (χ0n) is 17.6. The topological polar surface area (TPSA) is 61.8 Å². The van der Waals surface area contributed by atoms with Crippen LogP contribution in [0.4, 0.5) is 0 Å². The SMILES string of the molecule is COC(=O)[C@]12C(=O)O[C@H](c3ccccc3)[C@H]1[C@@H](c1ccc(Br)cc1)O[C@H]2c1ccc(Br)cc1. The Morgan fingerprint density at radius 2 is 1.36 bits per heavy atom. The van der Waals surface area contributed by atoms with E-state index in [0.29, 0.717) is 5.56 Å². The van der Waals surface area contributed by atoms with Crippen LogP contribution in [-0.2, 0) is 23.8 Å². The Labute approximate surface area is 208 Å². The Morgan fingerprint density at radius 3 is 1.94 bits per heavy atom. The van der Waals surface area contributed by atoms with Crippen molar-refractivity contribution in [2.24, 2.45) is 11.3 Å². The minimum absolute atomic E-state index is 0.567. The predicted octanol–water partition coefficient (Wildman–Crippen LogP) is 6.10. The summed E-state index contributed by atoms with van der Waals surface area (Å²) in [5, 5.41) is 0. The second-order valence-corrected chi connectivity index (χ2v) is 9.99. The highest BCUT2D eigenvalue weighted by molar-refractivity contribution is 9.10. The number of carbonyl (C=O) groups excluding carboxylic acids is 2. The van der Waals surface area contributed by atoms with Crippen molar-refractivity contribution in [3.05, 3.63) is 104 Å². The number of halogens is 2. The highest BCUT2D eigenvalue weighted by atomic mass is 79.9. The molecule has 5 atom stereocenters. The molecule has 0 unspecified atom stereocenters. The number of cyclic esters (lactones) is 1. The summed E-state index contributed by atoms with van der Waals surface area (Å²) < 4.78 is 19.6. The van der Waals surface area contributed by atoms with Gasteiger partial charge in [-0.15, -0.1) is 0 Å². The van der Waals surface area contributed by atoms with Gasteiger partial charge in [0.15, 0.2) is 0 Å². The van der Waals surface area contributed by atoms with E-state index in [1.165, 1.54) is 7.11 Å². The summed E-state index contributed by atoms with van der Waals surface area (Å²) in [5.74, 6) is -1.89. The van der Waals surface area contributed by atoms with Gasteiger partial charge in [-0.05, 0) is 41.0 Å². The van der Waals surface area contributed by atoms with Gasteiger partial charge in [0.1, 0.15) is 12.2 Å². The lowest BCUT2D eigenvalue weighted by molar-refractivity contribution is -0.170. The summed E-state index contributed by atoms with van der Waals surface area (Å²) in [5.41, 5.74) is 0.735. The molecule has 33 heavy (non-hydrogen) atoms. The zero-order valence-corrected chi connectivity index (χ0v) is 20.8. The van der Waals surface area contributed by atoms with Gasteiger partial charge < -0.3 is 14.2 Å². The molecule has 0 radical (unpaired) electrons. The number of carbonyl (C=O) groups is 2. The third kappa shape index (κ3) is 3.54. The fourth-order valence-corrected chi connectivity index (χ4v) is 5.54. The van der Waals surface area contributed by atoms with E-state index in [1.807, 2.05) is 78.9 Å². The van der Waals surface area contributed by atoms with Crippen molar-refractivity contribution in [3.63, 3.8) is 0 Å². The molecule has 5 rings (SSSR count). The number of hydrogen-bond acceptors (Lipinski definition) is 5. The van der Waals surface area contributed by atoms with Crippen LogP contribution in [0.1, 0.15) is 35.0 Å². The molecule has 0 aromatic heterocycles. The zero-order chi connectivity index (χ0) is 23.2. The summed E-state index contributed by atoms with van der Waals surface area (Å²) in [4.78, 5) is 27.1. The Morgan fingerprint density at radius 1 is 0.818 bits per heavy atom. The largest absolute Gasteiger partial charge is 0.468 e. The van der Waals surface area contributed by atoms with E-state index in [4.69, 9.17) is 14.2 Å². The van der Waals surface area contributed by atoms with Gasteiger partial charge in [-0.2, -0.15) is 0 Å². The summed E-state index contributed by atoms with van der Waals surface area (Å²) in [6.45, 7) is 0. The molecule has 3 aromatic rings. The second-order valence-electron chi connectivity index (χ2n) is 8.16. The molecule has 0 aliphatic carbocycles. The van der Waals surface area contributed by atoms with E-state index in [9.17, 15) is 9.59 Å². The van der Waals surface area contributed by atoms with Crippen molar-refractivity contribution in [1.29, 1.82) is 0 Å². The standard InChI is InChI=1S/C26H20Br2O5/c1-31-24(29)26-20(22(33-25(26)30)15-5-3-2-4-6-15)21(16-7-11-18(27)12-8-16)32-23(26)17-9-13-19(28)14-10-17/h2-14,20-23H,1H3/t20-,21-,22-,23+,26+/m1/s1. The van der Waals surface area contributed by atoms with Crippen LogP contribution >= 0.6 is 31.9 Å². The normalized spacial score (nSPS) is 28.3. The number of ether oxygens (including phenoxy) is 3. The third-order valence-electron chi connectivity index (χ3n) is 6.47. The van der Waals surface area contributed by atoms with Crippen molar-refractivity contribution in [1.82, 2.24) is 0 Å². The maximum absolute atomic E-state index is 13.6. The van der Waals surface area contributed by atoms with Crippen molar-refractivity contribution in [2.45, 2.75) is 18.3 Å². The van der Waals surface area contributed by atoms with E-state index in [2.05, 4.69) is 31.9 Å². The first-order chi connectivity index (χ1) is 16.0. The molecule has 0 N–H and O–H groups in total. The number of esters is 2. The molecule has 5 nitrogen and oxygen atoms in total. The van der Waals surface area contributed by atoms with Gasteiger partial charge in [-0.3, -0.25) is 9.59 Å². The fourth-order valence-electron chi connectivity index (χ4n) is 5.01. The van der Waals surface area contributed by atoms with Gasteiger partial charge in [0.25, 0.3) is 0 Å². The maximum Gasteiger partial charge on any atom is 0.327 e. The molecule has 0 bridgehead atoms. The van der Waals surface area contributed by atoms with Gasteiger partial charge in [0.05, 0.1) is 19.1 Å². The minimum Gasteiger partial charge on any atom is -0.468 e. The van der Waals surface area contributed by atoms with Gasteiger partial charge in [-0.1, -0.05) is 86.5 Å². The highest BCUT2D eigenvalue weighted by Gasteiger charge is 2.74. The number of fused-ring (bicyclic) bond motifs is 1. The highest BCUT2D eigenvalue weighted by Crippen LogP contribution is 2.66. The van der Waals surface area contributed by atoms with Gasteiger partial charge >= 0.3 is 11.9 Å². The summed E-state index contributed by atoms with van der Waals surface area (Å²) in [6.07, 6.45) is -2.09. The van der Waals surface area contributed by atoms with Crippen LogP contribution in [0.5, 0.6) is 0 Å². The van der Waals surface area contributed by atoms with Crippen molar-refractivity contribution >= 4 is 43.8 Å². The molecule has 7 heteroatoms. The first-order valence-corrected chi connectivity index (χ1v) is 12.1. The van der Waals surface area contributed by atoms with E-state index in [0.717, 1.165) is 20.1 Å². The molecule has 2 heterocycles. The average molecular weight is 572 g/mol. The molecule has 0 spiro atoms. The predicted molar refractivity (Wildman–Crippen MR) is 128 cm³/mol. The fraction of sp³-hybridized carbons (Fsp3) is 0.231. The molecular formula is C26H20Br2O5. The van der Waals surface area contributed by atoms with Gasteiger partial charge in [0.2, 0.25) is 5.41 Å². The third-order valence-corrected chi connectivity index (χ3v) is 7.53. The van der Waals surface area contributed by atoms with E-state index >= 15 is 0 Å². The summed E-state index contributed by atoms with van der Waals surface area (Å²) >= 11 is 6.92. The monoisotopic (exact) mass is 570 g/mol. The van der Waals surface area contributed by atoms with E-state index in [-0.39, 0.29) is 0 Å². The van der Waals surface area contributed by atoms with Crippen molar-refractivity contribution in [3.8, 4) is 0 Å². The summed E-state index contributed by atoms with van der Waals surface area (Å²) in [6, 6.07) is 24.6. The molecule has 168 valence electrons. The molecule has 0 amide bonds. The smallest absolute Gasteiger partial charge is 0.327 e. The molecule has 2 aliphatic rings. The Balaban J connectivity index is 1.73. The Hall–Kier alpha value is -2.48. The van der Waals surface area contributed by atoms with Crippen LogP contribution in [0.25, 0.3) is 0 Å². The first-order valence-electron chi connectivity index (χ1n) is 10.5. The van der Waals surface area contributed by atoms with Crippen LogP contribution in [0.2, 0.25) is 0 Å². The van der Waals surface area contributed by atoms with Gasteiger partial charge in [-0.25, -0.2) is 0 Å². The quantitative estimate of drug-likeness (QED) is 0.280. The van der Waals surface area contributed by atoms with E-state index < -0.39 is 41.6 Å². The second kappa shape index (κ2) is 8.70.